The molecule has 0 saturated heterocycles. The second-order valence-electron chi connectivity index (χ2n) is 4.35. The summed E-state index contributed by atoms with van der Waals surface area (Å²) in [5.74, 6) is 0.367. The summed E-state index contributed by atoms with van der Waals surface area (Å²) < 4.78 is 20.2. The second kappa shape index (κ2) is 6.92. The molecule has 0 amide bonds. The van der Waals surface area contributed by atoms with Gasteiger partial charge in [0.15, 0.2) is 0 Å². The van der Waals surface area contributed by atoms with Crippen molar-refractivity contribution in [1.29, 1.82) is 0 Å². The highest BCUT2D eigenvalue weighted by Crippen LogP contribution is 2.31. The first kappa shape index (κ1) is 15.8. The smallest absolute Gasteiger partial charge is 0.142 e. The normalized spacial score (nSPS) is 10.7. The molecule has 0 radical (unpaired) electrons. The number of rotatable bonds is 4. The second-order valence-corrected chi connectivity index (χ2v) is 6.20. The van der Waals surface area contributed by atoms with Crippen LogP contribution in [0, 0.1) is 12.7 Å². The van der Waals surface area contributed by atoms with Gasteiger partial charge < -0.3 is 4.74 Å². The molecule has 2 aromatic rings. The van der Waals surface area contributed by atoms with E-state index in [1.807, 2.05) is 19.1 Å². The Kier molecular flexibility index (Phi) is 5.47. The van der Waals surface area contributed by atoms with Gasteiger partial charge in [0.1, 0.15) is 18.2 Å². The van der Waals surface area contributed by atoms with Crippen molar-refractivity contribution in [2.24, 2.45) is 0 Å². The zero-order chi connectivity index (χ0) is 14.7. The molecule has 0 heterocycles. The van der Waals surface area contributed by atoms with E-state index in [2.05, 4.69) is 31.9 Å². The molecule has 106 valence electrons. The summed E-state index contributed by atoms with van der Waals surface area (Å²) in [5, 5.41) is 0.794. The van der Waals surface area contributed by atoms with Gasteiger partial charge in [0, 0.05) is 20.9 Å². The van der Waals surface area contributed by atoms with Crippen LogP contribution in [-0.2, 0) is 11.9 Å². The molecule has 2 rings (SSSR count). The maximum atomic E-state index is 13.4. The van der Waals surface area contributed by atoms with Crippen molar-refractivity contribution in [2.45, 2.75) is 18.9 Å². The van der Waals surface area contributed by atoms with E-state index in [1.165, 1.54) is 6.07 Å². The van der Waals surface area contributed by atoms with Crippen LogP contribution in [-0.4, -0.2) is 0 Å². The van der Waals surface area contributed by atoms with E-state index in [9.17, 15) is 4.39 Å². The first-order chi connectivity index (χ1) is 9.52. The molecule has 5 heteroatoms. The Morgan fingerprint density at radius 2 is 2.00 bits per heavy atom. The molecule has 0 saturated carbocycles. The maximum Gasteiger partial charge on any atom is 0.142 e. The van der Waals surface area contributed by atoms with Crippen molar-refractivity contribution in [3.8, 4) is 5.75 Å². The van der Waals surface area contributed by atoms with E-state index >= 15 is 0 Å². The predicted molar refractivity (Wildman–Crippen MR) is 87.3 cm³/mol. The Morgan fingerprint density at radius 1 is 1.25 bits per heavy atom. The van der Waals surface area contributed by atoms with Gasteiger partial charge in [-0.1, -0.05) is 55.6 Å². The van der Waals surface area contributed by atoms with Crippen LogP contribution in [0.25, 0.3) is 0 Å². The van der Waals surface area contributed by atoms with Crippen LogP contribution in [0.15, 0.2) is 34.8 Å². The van der Waals surface area contributed by atoms with Gasteiger partial charge in [-0.3, -0.25) is 0 Å². The van der Waals surface area contributed by atoms with Crippen molar-refractivity contribution in [3.05, 3.63) is 62.3 Å². The number of aryl methyl sites for hydroxylation is 1. The molecule has 2 aromatic carbocycles. The van der Waals surface area contributed by atoms with Gasteiger partial charge in [0.25, 0.3) is 0 Å². The minimum absolute atomic E-state index is 0.114. The van der Waals surface area contributed by atoms with Gasteiger partial charge in [-0.05, 0) is 30.7 Å². The third kappa shape index (κ3) is 3.54. The molecule has 0 atom stereocenters. The first-order valence-corrected chi connectivity index (χ1v) is 8.23. The van der Waals surface area contributed by atoms with Crippen molar-refractivity contribution >= 4 is 43.5 Å². The lowest BCUT2D eigenvalue weighted by molar-refractivity contribution is 0.301. The molecule has 0 fully saturated rings. The molecule has 0 aliphatic carbocycles. The van der Waals surface area contributed by atoms with Crippen LogP contribution in [0.2, 0.25) is 5.02 Å². The topological polar surface area (TPSA) is 9.23 Å². The lowest BCUT2D eigenvalue weighted by Gasteiger charge is -2.14. The first-order valence-electron chi connectivity index (χ1n) is 5.93. The molecule has 1 nitrogen and oxygen atoms in total. The van der Waals surface area contributed by atoms with Crippen molar-refractivity contribution in [2.75, 3.05) is 0 Å². The van der Waals surface area contributed by atoms with Gasteiger partial charge in [0.05, 0.1) is 5.02 Å². The molecular weight excluding hydrogens is 410 g/mol. The van der Waals surface area contributed by atoms with Gasteiger partial charge in [-0.2, -0.15) is 0 Å². The van der Waals surface area contributed by atoms with E-state index < -0.39 is 5.82 Å². The summed E-state index contributed by atoms with van der Waals surface area (Å²) in [6.45, 7) is 2.21. The van der Waals surface area contributed by atoms with E-state index in [0.29, 0.717) is 10.9 Å². The highest BCUT2D eigenvalue weighted by molar-refractivity contribution is 9.10. The fourth-order valence-corrected chi connectivity index (χ4v) is 3.13. The molecule has 0 aromatic heterocycles. The number of hydrogen-bond acceptors (Lipinski definition) is 1. The lowest BCUT2D eigenvalue weighted by Crippen LogP contribution is -2.01. The van der Waals surface area contributed by atoms with E-state index in [-0.39, 0.29) is 11.6 Å². The third-order valence-electron chi connectivity index (χ3n) is 2.86. The van der Waals surface area contributed by atoms with Crippen LogP contribution >= 0.6 is 43.5 Å². The summed E-state index contributed by atoms with van der Waals surface area (Å²) in [5.41, 5.74) is 2.68. The average Bonchev–Trinajstić information content (AvgIpc) is 2.41. The largest absolute Gasteiger partial charge is 0.488 e. The Hall–Kier alpha value is -0.580. The number of ether oxygens (including phenoxy) is 1. The highest BCUT2D eigenvalue weighted by Gasteiger charge is 2.11. The number of halogens is 4. The molecule has 0 aliphatic rings. The summed E-state index contributed by atoms with van der Waals surface area (Å²) >= 11 is 12.8. The molecule has 0 bridgehead atoms. The van der Waals surface area contributed by atoms with Crippen LogP contribution < -0.4 is 4.74 Å². The van der Waals surface area contributed by atoms with Crippen LogP contribution in [0.1, 0.15) is 16.7 Å². The maximum absolute atomic E-state index is 13.4. The van der Waals surface area contributed by atoms with Crippen molar-refractivity contribution < 1.29 is 9.13 Å². The molecule has 0 spiro atoms. The SMILES string of the molecule is Cc1cc(Br)cc(CBr)c1OCc1cccc(F)c1Cl. The van der Waals surface area contributed by atoms with Gasteiger partial charge in [0.2, 0.25) is 0 Å². The molecule has 0 unspecified atom stereocenters. The fraction of sp³-hybridized carbons (Fsp3) is 0.200. The van der Waals surface area contributed by atoms with E-state index in [1.54, 1.807) is 12.1 Å². The third-order valence-corrected chi connectivity index (χ3v) is 4.35. The summed E-state index contributed by atoms with van der Waals surface area (Å²) in [6.07, 6.45) is 0. The number of benzene rings is 2. The molecule has 0 N–H and O–H groups in total. The molecule has 0 aliphatic heterocycles. The Bertz CT molecular complexity index is 632. The van der Waals surface area contributed by atoms with Crippen molar-refractivity contribution in [3.63, 3.8) is 0 Å². The minimum atomic E-state index is -0.430. The predicted octanol–water partition coefficient (Wildman–Crippen LogP) is 6.02. The summed E-state index contributed by atoms with van der Waals surface area (Å²) in [6, 6.07) is 8.69. The zero-order valence-electron chi connectivity index (χ0n) is 10.7. The Morgan fingerprint density at radius 3 is 2.70 bits per heavy atom. The Balaban J connectivity index is 2.25. The molecular formula is C15H12Br2ClFO. The summed E-state index contributed by atoms with van der Waals surface area (Å²) in [4.78, 5) is 0. The van der Waals surface area contributed by atoms with Crippen LogP contribution in [0.5, 0.6) is 5.75 Å². The van der Waals surface area contributed by atoms with Crippen LogP contribution in [0.3, 0.4) is 0 Å². The standard InChI is InChI=1S/C15H12Br2ClFO/c1-9-5-12(17)6-11(7-16)15(9)20-8-10-3-2-4-13(19)14(10)18/h2-6H,7-8H2,1H3. The minimum Gasteiger partial charge on any atom is -0.488 e. The summed E-state index contributed by atoms with van der Waals surface area (Å²) in [7, 11) is 0. The van der Waals surface area contributed by atoms with Crippen molar-refractivity contribution in [1.82, 2.24) is 0 Å². The zero-order valence-corrected chi connectivity index (χ0v) is 14.6. The van der Waals surface area contributed by atoms with E-state index in [0.717, 1.165) is 21.3 Å². The number of hydrogen-bond donors (Lipinski definition) is 0. The lowest BCUT2D eigenvalue weighted by atomic mass is 10.1. The quantitative estimate of drug-likeness (QED) is 0.547. The van der Waals surface area contributed by atoms with Gasteiger partial charge in [-0.25, -0.2) is 4.39 Å². The Labute approximate surface area is 139 Å². The van der Waals surface area contributed by atoms with Crippen LogP contribution in [0.4, 0.5) is 4.39 Å². The fourth-order valence-electron chi connectivity index (χ4n) is 1.91. The average molecular weight is 423 g/mol. The highest BCUT2D eigenvalue weighted by atomic mass is 79.9. The monoisotopic (exact) mass is 420 g/mol. The molecule has 20 heavy (non-hydrogen) atoms. The van der Waals surface area contributed by atoms with Gasteiger partial charge >= 0.3 is 0 Å². The van der Waals surface area contributed by atoms with Gasteiger partial charge in [-0.15, -0.1) is 0 Å². The number of alkyl halides is 1. The van der Waals surface area contributed by atoms with E-state index in [4.69, 9.17) is 16.3 Å².